The van der Waals surface area contributed by atoms with E-state index in [-0.39, 0.29) is 30.3 Å². The van der Waals surface area contributed by atoms with Gasteiger partial charge in [-0.15, -0.1) is 12.4 Å². The molecule has 2 amide bonds. The molecule has 2 aliphatic rings. The number of thiophene rings is 1. The van der Waals surface area contributed by atoms with Crippen molar-refractivity contribution >= 4 is 35.6 Å². The number of amides is 2. The van der Waals surface area contributed by atoms with E-state index in [0.717, 1.165) is 18.5 Å². The molecule has 1 aromatic carbocycles. The molecule has 1 fully saturated rings. The quantitative estimate of drug-likeness (QED) is 0.853. The van der Waals surface area contributed by atoms with Crippen LogP contribution in [0.25, 0.3) is 0 Å². The molecule has 0 saturated carbocycles. The van der Waals surface area contributed by atoms with Gasteiger partial charge < -0.3 is 15.1 Å². The van der Waals surface area contributed by atoms with Crippen LogP contribution in [0.15, 0.2) is 41.1 Å². The molecule has 138 valence electrons. The SMILES string of the molecule is Cl.O=C(c1ccsc1)N1CCN(C(=O)C2Cc3ccccc3CN2)CC1. The summed E-state index contributed by atoms with van der Waals surface area (Å²) in [5.41, 5.74) is 3.28. The third-order valence-electron chi connectivity index (χ3n) is 5.03. The normalized spacial score (nSPS) is 19.5. The molecule has 4 rings (SSSR count). The number of carbonyl (C=O) groups excluding carboxylic acids is 2. The van der Waals surface area contributed by atoms with Crippen LogP contribution in [0.5, 0.6) is 0 Å². The van der Waals surface area contributed by atoms with Crippen molar-refractivity contribution in [3.05, 3.63) is 57.8 Å². The third kappa shape index (κ3) is 3.77. The van der Waals surface area contributed by atoms with Gasteiger partial charge in [0.25, 0.3) is 5.91 Å². The molecular formula is C19H22ClN3O2S. The molecule has 1 unspecified atom stereocenters. The summed E-state index contributed by atoms with van der Waals surface area (Å²) in [6, 6.07) is 9.97. The number of nitrogens with one attached hydrogen (secondary N) is 1. The van der Waals surface area contributed by atoms with E-state index in [1.54, 1.807) is 0 Å². The number of hydrogen-bond acceptors (Lipinski definition) is 4. The molecule has 0 bridgehead atoms. The molecule has 5 nitrogen and oxygen atoms in total. The van der Waals surface area contributed by atoms with Crippen LogP contribution >= 0.6 is 23.7 Å². The second-order valence-electron chi connectivity index (χ2n) is 6.54. The molecule has 1 N–H and O–H groups in total. The van der Waals surface area contributed by atoms with E-state index < -0.39 is 0 Å². The summed E-state index contributed by atoms with van der Waals surface area (Å²) in [4.78, 5) is 29.0. The van der Waals surface area contributed by atoms with Gasteiger partial charge in [-0.3, -0.25) is 9.59 Å². The minimum atomic E-state index is -0.158. The standard InChI is InChI=1S/C19H21N3O2S.ClH/c23-18(16-5-10-25-13-16)21-6-8-22(9-7-21)19(24)17-11-14-3-1-2-4-15(14)12-20-17;/h1-5,10,13,17,20H,6-9,11-12H2;1H. The number of hydrogen-bond donors (Lipinski definition) is 1. The minimum absolute atomic E-state index is 0. The summed E-state index contributed by atoms with van der Waals surface area (Å²) in [5.74, 6) is 0.218. The highest BCUT2D eigenvalue weighted by Crippen LogP contribution is 2.18. The lowest BCUT2D eigenvalue weighted by atomic mass is 9.95. The fourth-order valence-electron chi connectivity index (χ4n) is 3.55. The number of halogens is 1. The predicted octanol–water partition coefficient (Wildman–Crippen LogP) is 2.17. The van der Waals surface area contributed by atoms with E-state index in [9.17, 15) is 9.59 Å². The Bertz CT molecular complexity index is 773. The monoisotopic (exact) mass is 391 g/mol. The maximum Gasteiger partial charge on any atom is 0.254 e. The Balaban J connectivity index is 0.00000196. The van der Waals surface area contributed by atoms with Crippen molar-refractivity contribution in [1.29, 1.82) is 0 Å². The third-order valence-corrected chi connectivity index (χ3v) is 5.71. The zero-order valence-corrected chi connectivity index (χ0v) is 16.0. The Kier molecular flexibility index (Phi) is 5.96. The second-order valence-corrected chi connectivity index (χ2v) is 7.32. The minimum Gasteiger partial charge on any atom is -0.338 e. The van der Waals surface area contributed by atoms with Crippen LogP contribution in [0.3, 0.4) is 0 Å². The van der Waals surface area contributed by atoms with E-state index in [4.69, 9.17) is 0 Å². The first-order chi connectivity index (χ1) is 12.2. The number of fused-ring (bicyclic) bond motifs is 1. The predicted molar refractivity (Wildman–Crippen MR) is 105 cm³/mol. The molecule has 0 spiro atoms. The molecular weight excluding hydrogens is 370 g/mol. The first kappa shape index (κ1) is 18.9. The molecule has 7 heteroatoms. The summed E-state index contributed by atoms with van der Waals surface area (Å²) < 4.78 is 0. The van der Waals surface area contributed by atoms with Gasteiger partial charge in [0.1, 0.15) is 0 Å². The molecule has 1 saturated heterocycles. The molecule has 0 radical (unpaired) electrons. The second kappa shape index (κ2) is 8.20. The fourth-order valence-corrected chi connectivity index (χ4v) is 4.18. The molecule has 3 heterocycles. The number of piperazine rings is 1. The average molecular weight is 392 g/mol. The Hall–Kier alpha value is -1.89. The maximum atomic E-state index is 12.8. The van der Waals surface area contributed by atoms with E-state index in [1.165, 1.54) is 22.5 Å². The number of carbonyl (C=O) groups is 2. The fraction of sp³-hybridized carbons (Fsp3) is 0.368. The molecule has 2 aliphatic heterocycles. The van der Waals surface area contributed by atoms with Crippen molar-refractivity contribution in [3.63, 3.8) is 0 Å². The van der Waals surface area contributed by atoms with Gasteiger partial charge in [0.05, 0.1) is 11.6 Å². The van der Waals surface area contributed by atoms with Gasteiger partial charge in [-0.05, 0) is 29.0 Å². The highest BCUT2D eigenvalue weighted by atomic mass is 35.5. The molecule has 1 atom stereocenters. The smallest absolute Gasteiger partial charge is 0.254 e. The number of nitrogens with zero attached hydrogens (tertiary/aromatic N) is 2. The molecule has 1 aromatic heterocycles. The van der Waals surface area contributed by atoms with Crippen molar-refractivity contribution in [2.24, 2.45) is 0 Å². The Morgan fingerprint density at radius 1 is 1.00 bits per heavy atom. The summed E-state index contributed by atoms with van der Waals surface area (Å²) in [6.45, 7) is 3.15. The van der Waals surface area contributed by atoms with Gasteiger partial charge >= 0.3 is 0 Å². The summed E-state index contributed by atoms with van der Waals surface area (Å²) in [6.07, 6.45) is 0.739. The van der Waals surface area contributed by atoms with Crippen LogP contribution in [-0.4, -0.2) is 53.8 Å². The Morgan fingerprint density at radius 2 is 1.69 bits per heavy atom. The zero-order valence-electron chi connectivity index (χ0n) is 14.4. The Morgan fingerprint density at radius 3 is 2.38 bits per heavy atom. The zero-order chi connectivity index (χ0) is 17.2. The van der Waals surface area contributed by atoms with Gasteiger partial charge in [0.2, 0.25) is 5.91 Å². The van der Waals surface area contributed by atoms with Crippen LogP contribution in [0, 0.1) is 0 Å². The van der Waals surface area contributed by atoms with Crippen molar-refractivity contribution in [2.45, 2.75) is 19.0 Å². The van der Waals surface area contributed by atoms with Crippen molar-refractivity contribution in [3.8, 4) is 0 Å². The van der Waals surface area contributed by atoms with Gasteiger partial charge in [0, 0.05) is 38.1 Å². The van der Waals surface area contributed by atoms with Crippen LogP contribution in [0.2, 0.25) is 0 Å². The lowest BCUT2D eigenvalue weighted by Crippen LogP contribution is -2.56. The van der Waals surface area contributed by atoms with Crippen molar-refractivity contribution in [2.75, 3.05) is 26.2 Å². The van der Waals surface area contributed by atoms with Crippen LogP contribution in [0.1, 0.15) is 21.5 Å². The maximum absolute atomic E-state index is 12.8. The summed E-state index contributed by atoms with van der Waals surface area (Å²) >= 11 is 1.53. The van der Waals surface area contributed by atoms with Gasteiger partial charge in [0.15, 0.2) is 0 Å². The topological polar surface area (TPSA) is 52.7 Å². The average Bonchev–Trinajstić information content (AvgIpc) is 3.21. The highest BCUT2D eigenvalue weighted by molar-refractivity contribution is 7.08. The summed E-state index contributed by atoms with van der Waals surface area (Å²) in [7, 11) is 0. The summed E-state index contributed by atoms with van der Waals surface area (Å²) in [5, 5.41) is 7.15. The van der Waals surface area contributed by atoms with Crippen LogP contribution < -0.4 is 5.32 Å². The van der Waals surface area contributed by atoms with Gasteiger partial charge in [-0.25, -0.2) is 0 Å². The van der Waals surface area contributed by atoms with Gasteiger partial charge in [-0.2, -0.15) is 11.3 Å². The molecule has 0 aliphatic carbocycles. The highest BCUT2D eigenvalue weighted by Gasteiger charge is 2.31. The number of rotatable bonds is 2. The molecule has 2 aromatic rings. The first-order valence-electron chi connectivity index (χ1n) is 8.63. The largest absolute Gasteiger partial charge is 0.338 e. The van der Waals surface area contributed by atoms with Crippen LogP contribution in [-0.2, 0) is 17.8 Å². The van der Waals surface area contributed by atoms with E-state index in [1.807, 2.05) is 38.8 Å². The van der Waals surface area contributed by atoms with Crippen LogP contribution in [0.4, 0.5) is 0 Å². The lowest BCUT2D eigenvalue weighted by Gasteiger charge is -2.37. The van der Waals surface area contributed by atoms with E-state index >= 15 is 0 Å². The van der Waals surface area contributed by atoms with E-state index in [2.05, 4.69) is 17.4 Å². The van der Waals surface area contributed by atoms with Crippen molar-refractivity contribution in [1.82, 2.24) is 15.1 Å². The Labute approximate surface area is 163 Å². The lowest BCUT2D eigenvalue weighted by molar-refractivity contribution is -0.135. The first-order valence-corrected chi connectivity index (χ1v) is 9.57. The van der Waals surface area contributed by atoms with E-state index in [0.29, 0.717) is 26.2 Å². The molecule has 26 heavy (non-hydrogen) atoms. The number of benzene rings is 1. The van der Waals surface area contributed by atoms with Crippen molar-refractivity contribution < 1.29 is 9.59 Å². The van der Waals surface area contributed by atoms with Gasteiger partial charge in [-0.1, -0.05) is 24.3 Å².